The minimum atomic E-state index is -4.49. The number of benzene rings is 1. The van der Waals surface area contributed by atoms with Crippen LogP contribution in [0.2, 0.25) is 10.4 Å². The van der Waals surface area contributed by atoms with Crippen LogP contribution in [0.25, 0.3) is 10.9 Å². The number of aliphatic hydroxyl groups is 1. The number of fused-ring (bicyclic) bond motifs is 1. The Balaban J connectivity index is 1.97. The van der Waals surface area contributed by atoms with E-state index in [0.717, 1.165) is 6.07 Å². The summed E-state index contributed by atoms with van der Waals surface area (Å²) in [6.45, 7) is 1.61. The van der Waals surface area contributed by atoms with Crippen molar-refractivity contribution in [1.29, 1.82) is 0 Å². The van der Waals surface area contributed by atoms with Gasteiger partial charge in [0.15, 0.2) is 0 Å². The molecule has 0 aliphatic rings. The molecule has 29 heavy (non-hydrogen) atoms. The monoisotopic (exact) mass is 444 g/mol. The molecule has 0 saturated heterocycles. The first-order valence-electron chi connectivity index (χ1n) is 8.74. The van der Waals surface area contributed by atoms with Crippen molar-refractivity contribution in [2.24, 2.45) is 0 Å². The maximum Gasteiger partial charge on any atom is 0.416 e. The Morgan fingerprint density at radius 2 is 1.97 bits per heavy atom. The second-order valence-corrected chi connectivity index (χ2v) is 7.27. The van der Waals surface area contributed by atoms with E-state index in [0.29, 0.717) is 22.3 Å². The zero-order chi connectivity index (χ0) is 21.2. The van der Waals surface area contributed by atoms with Gasteiger partial charge in [-0.2, -0.15) is 13.2 Å². The van der Waals surface area contributed by atoms with Crippen LogP contribution in [-0.4, -0.2) is 26.2 Å². The molecule has 0 saturated carbocycles. The minimum Gasteiger partial charge on any atom is -0.393 e. The molecule has 1 unspecified atom stereocenters. The zero-order valence-corrected chi connectivity index (χ0v) is 16.8. The number of hydrogen-bond donors (Lipinski definition) is 2. The Bertz CT molecular complexity index is 1030. The van der Waals surface area contributed by atoms with E-state index in [1.807, 2.05) is 0 Å². The van der Waals surface area contributed by atoms with Crippen molar-refractivity contribution in [2.45, 2.75) is 38.6 Å². The fourth-order valence-electron chi connectivity index (χ4n) is 3.01. The van der Waals surface area contributed by atoms with Crippen LogP contribution in [0.1, 0.15) is 30.0 Å². The lowest BCUT2D eigenvalue weighted by Crippen LogP contribution is -2.15. The molecule has 1 atom stereocenters. The van der Waals surface area contributed by atoms with Crippen LogP contribution in [0.4, 0.5) is 19.0 Å². The van der Waals surface area contributed by atoms with E-state index in [1.165, 1.54) is 12.3 Å². The highest BCUT2D eigenvalue weighted by molar-refractivity contribution is 6.30. The number of aromatic nitrogens is 3. The summed E-state index contributed by atoms with van der Waals surface area (Å²) in [6, 6.07) is 5.57. The molecule has 0 amide bonds. The van der Waals surface area contributed by atoms with E-state index in [9.17, 15) is 18.3 Å². The summed E-state index contributed by atoms with van der Waals surface area (Å²) < 4.78 is 40.4. The van der Waals surface area contributed by atoms with Crippen molar-refractivity contribution >= 4 is 39.9 Å². The highest BCUT2D eigenvalue weighted by Crippen LogP contribution is 2.34. The Kier molecular flexibility index (Phi) is 6.45. The molecule has 0 fully saturated rings. The smallest absolute Gasteiger partial charge is 0.393 e. The summed E-state index contributed by atoms with van der Waals surface area (Å²) in [5.74, 6) is 0.336. The zero-order valence-electron chi connectivity index (χ0n) is 15.3. The van der Waals surface area contributed by atoms with Gasteiger partial charge in [0.25, 0.3) is 0 Å². The lowest BCUT2D eigenvalue weighted by molar-refractivity contribution is -0.138. The van der Waals surface area contributed by atoms with Gasteiger partial charge in [-0.3, -0.25) is 0 Å². The molecule has 2 aromatic heterocycles. The molecule has 3 rings (SSSR count). The van der Waals surface area contributed by atoms with Crippen molar-refractivity contribution in [1.82, 2.24) is 15.0 Å². The van der Waals surface area contributed by atoms with Crippen molar-refractivity contribution < 1.29 is 18.3 Å². The van der Waals surface area contributed by atoms with Gasteiger partial charge in [-0.1, -0.05) is 23.7 Å². The second kappa shape index (κ2) is 8.69. The summed E-state index contributed by atoms with van der Waals surface area (Å²) >= 11 is 11.9. The fourth-order valence-corrected chi connectivity index (χ4v) is 3.34. The first-order valence-corrected chi connectivity index (χ1v) is 9.49. The quantitative estimate of drug-likeness (QED) is 0.399. The van der Waals surface area contributed by atoms with E-state index >= 15 is 0 Å². The average molecular weight is 445 g/mol. The number of alkyl halides is 3. The van der Waals surface area contributed by atoms with Gasteiger partial charge in [-0.25, -0.2) is 15.0 Å². The summed E-state index contributed by atoms with van der Waals surface area (Å²) in [5.41, 5.74) is 0.326. The molecule has 154 valence electrons. The molecule has 2 N–H and O–H groups in total. The first-order chi connectivity index (χ1) is 13.6. The average Bonchev–Trinajstić information content (AvgIpc) is 2.64. The fraction of sp³-hybridized carbons (Fsp3) is 0.316. The topological polar surface area (TPSA) is 70.9 Å². The molecule has 0 spiro atoms. The van der Waals surface area contributed by atoms with E-state index in [4.69, 9.17) is 23.2 Å². The molecule has 0 radical (unpaired) electrons. The Morgan fingerprint density at radius 1 is 1.21 bits per heavy atom. The maximum atomic E-state index is 13.5. The van der Waals surface area contributed by atoms with E-state index in [2.05, 4.69) is 20.3 Å². The number of pyridine rings is 1. The molecule has 1 aromatic carbocycles. The van der Waals surface area contributed by atoms with Gasteiger partial charge in [0.1, 0.15) is 11.0 Å². The Labute approximate surface area is 174 Å². The molecule has 0 aliphatic heterocycles. The number of rotatable bonds is 6. The minimum absolute atomic E-state index is 0.0255. The summed E-state index contributed by atoms with van der Waals surface area (Å²) in [7, 11) is 0. The summed E-state index contributed by atoms with van der Waals surface area (Å²) in [5, 5.41) is 13.3. The molecule has 10 heteroatoms. The highest BCUT2D eigenvalue weighted by atomic mass is 35.5. The van der Waals surface area contributed by atoms with Crippen LogP contribution < -0.4 is 5.32 Å². The molecular formula is C19H17Cl2F3N4O. The van der Waals surface area contributed by atoms with Crippen molar-refractivity contribution in [3.8, 4) is 0 Å². The lowest BCUT2D eigenvalue weighted by Gasteiger charge is -2.18. The van der Waals surface area contributed by atoms with Crippen LogP contribution in [0.15, 0.2) is 30.5 Å². The summed E-state index contributed by atoms with van der Waals surface area (Å²) in [6.07, 6.45) is -3.46. The van der Waals surface area contributed by atoms with Gasteiger partial charge in [0, 0.05) is 11.9 Å². The van der Waals surface area contributed by atoms with Gasteiger partial charge in [0.2, 0.25) is 5.28 Å². The molecule has 5 nitrogen and oxygen atoms in total. The molecular weight excluding hydrogens is 428 g/mol. The maximum absolute atomic E-state index is 13.5. The largest absolute Gasteiger partial charge is 0.416 e. The van der Waals surface area contributed by atoms with Gasteiger partial charge in [-0.15, -0.1) is 0 Å². The normalized spacial score (nSPS) is 12.9. The van der Waals surface area contributed by atoms with Gasteiger partial charge in [-0.05, 0) is 54.6 Å². The second-order valence-electron chi connectivity index (χ2n) is 6.55. The number of nitrogens with zero attached hydrogens (tertiary/aromatic N) is 3. The van der Waals surface area contributed by atoms with Crippen LogP contribution in [-0.2, 0) is 19.1 Å². The van der Waals surface area contributed by atoms with Crippen LogP contribution in [0.3, 0.4) is 0 Å². The van der Waals surface area contributed by atoms with Gasteiger partial charge >= 0.3 is 6.18 Å². The third kappa shape index (κ3) is 5.26. The predicted octanol–water partition coefficient (Wildman–Crippen LogP) is 5.28. The lowest BCUT2D eigenvalue weighted by atomic mass is 9.95. The first kappa shape index (κ1) is 21.5. The third-order valence-electron chi connectivity index (χ3n) is 4.36. The van der Waals surface area contributed by atoms with Crippen LogP contribution in [0, 0.1) is 0 Å². The van der Waals surface area contributed by atoms with Crippen molar-refractivity contribution in [3.05, 3.63) is 57.6 Å². The standard InChI is InChI=1S/C19H17Cl2F3N4O/c1-10(29)5-6-12-11(3-2-4-14(12)19(22,23)24)8-26-17-13-7-16(20)25-9-15(13)27-18(21)28-17/h2-4,7,9-10,29H,5-6,8H2,1H3,(H,26,27,28). The number of anilines is 1. The van der Waals surface area contributed by atoms with Crippen LogP contribution in [0.5, 0.6) is 0 Å². The van der Waals surface area contributed by atoms with Crippen molar-refractivity contribution in [2.75, 3.05) is 5.32 Å². The summed E-state index contributed by atoms with van der Waals surface area (Å²) in [4.78, 5) is 12.1. The molecule has 0 aliphatic carbocycles. The number of nitrogens with one attached hydrogen (secondary N) is 1. The Hall–Kier alpha value is -2.16. The molecule has 2 heterocycles. The SMILES string of the molecule is CC(O)CCc1c(CNc2nc(Cl)nc3cnc(Cl)cc23)cccc1C(F)(F)F. The van der Waals surface area contributed by atoms with Gasteiger partial charge < -0.3 is 10.4 Å². The third-order valence-corrected chi connectivity index (χ3v) is 4.73. The van der Waals surface area contributed by atoms with E-state index < -0.39 is 17.8 Å². The number of hydrogen-bond acceptors (Lipinski definition) is 5. The molecule has 0 bridgehead atoms. The molecule has 3 aromatic rings. The van der Waals surface area contributed by atoms with E-state index in [-0.39, 0.29) is 35.4 Å². The highest BCUT2D eigenvalue weighted by Gasteiger charge is 2.34. The van der Waals surface area contributed by atoms with Crippen LogP contribution >= 0.6 is 23.2 Å². The Morgan fingerprint density at radius 3 is 2.66 bits per heavy atom. The van der Waals surface area contributed by atoms with Gasteiger partial charge in [0.05, 0.1) is 23.4 Å². The van der Waals surface area contributed by atoms with E-state index in [1.54, 1.807) is 19.1 Å². The van der Waals surface area contributed by atoms with Crippen molar-refractivity contribution in [3.63, 3.8) is 0 Å². The number of aliphatic hydroxyl groups excluding tert-OH is 1. The number of halogens is 5. The predicted molar refractivity (Wildman–Crippen MR) is 106 cm³/mol.